The first-order valence-corrected chi connectivity index (χ1v) is 14.9. The van der Waals surface area contributed by atoms with Crippen LogP contribution in [0.3, 0.4) is 0 Å². The number of carboxylic acids is 1. The van der Waals surface area contributed by atoms with Gasteiger partial charge >= 0.3 is 5.97 Å². The summed E-state index contributed by atoms with van der Waals surface area (Å²) >= 11 is 0. The Morgan fingerprint density at radius 2 is 1.82 bits per heavy atom. The first kappa shape index (κ1) is 24.7. The van der Waals surface area contributed by atoms with Crippen molar-refractivity contribution in [2.45, 2.75) is 71.8 Å². The summed E-state index contributed by atoms with van der Waals surface area (Å²) in [5.41, 5.74) is 12.2. The van der Waals surface area contributed by atoms with E-state index in [9.17, 15) is 9.90 Å². The Balaban J connectivity index is 1.58. The second kappa shape index (κ2) is 9.41. The molecule has 2 saturated heterocycles. The van der Waals surface area contributed by atoms with Gasteiger partial charge in [0, 0.05) is 41.1 Å². The summed E-state index contributed by atoms with van der Waals surface area (Å²) in [6, 6.07) is 8.57. The van der Waals surface area contributed by atoms with Crippen molar-refractivity contribution in [3.8, 4) is 5.75 Å². The maximum absolute atomic E-state index is 12.6. The van der Waals surface area contributed by atoms with E-state index >= 15 is 0 Å². The highest BCUT2D eigenvalue weighted by molar-refractivity contribution is 6.01. The minimum atomic E-state index is -0.877. The number of fused-ring (bicyclic) bond motifs is 3. The highest BCUT2D eigenvalue weighted by atomic mass is 16.5. The van der Waals surface area contributed by atoms with E-state index in [1.54, 1.807) is 0 Å². The molecule has 0 saturated carbocycles. The Labute approximate surface area is 231 Å². The summed E-state index contributed by atoms with van der Waals surface area (Å²) in [5.74, 6) is 1.06. The largest absolute Gasteiger partial charge is 0.478 e. The van der Waals surface area contributed by atoms with Gasteiger partial charge < -0.3 is 14.7 Å². The average Bonchev–Trinajstić information content (AvgIpc) is 2.95. The van der Waals surface area contributed by atoms with Crippen LogP contribution >= 0.6 is 0 Å². The quantitative estimate of drug-likeness (QED) is 0.486. The van der Waals surface area contributed by atoms with Crippen LogP contribution in [0.5, 0.6) is 5.75 Å². The van der Waals surface area contributed by atoms with Gasteiger partial charge in [-0.05, 0) is 112 Å². The molecule has 0 spiro atoms. The van der Waals surface area contributed by atoms with Gasteiger partial charge in [0.25, 0.3) is 0 Å². The van der Waals surface area contributed by atoms with Crippen molar-refractivity contribution in [3.05, 3.63) is 86.2 Å². The van der Waals surface area contributed by atoms with E-state index < -0.39 is 5.97 Å². The van der Waals surface area contributed by atoms with Crippen molar-refractivity contribution in [2.75, 3.05) is 31.1 Å². The second-order valence-electron chi connectivity index (χ2n) is 11.7. The van der Waals surface area contributed by atoms with Gasteiger partial charge in [0.1, 0.15) is 11.5 Å². The first-order valence-electron chi connectivity index (χ1n) is 14.9. The Bertz CT molecular complexity index is 1490. The maximum Gasteiger partial charge on any atom is 0.336 e. The molecule has 4 heterocycles. The Morgan fingerprint density at radius 3 is 2.59 bits per heavy atom. The third kappa shape index (κ3) is 3.73. The normalized spacial score (nSPS) is 22.0. The van der Waals surface area contributed by atoms with E-state index in [1.165, 1.54) is 34.4 Å². The van der Waals surface area contributed by atoms with Gasteiger partial charge in [0.05, 0.1) is 11.6 Å². The summed E-state index contributed by atoms with van der Waals surface area (Å²) in [4.78, 5) is 17.8. The first-order chi connectivity index (χ1) is 19.0. The smallest absolute Gasteiger partial charge is 0.336 e. The second-order valence-corrected chi connectivity index (χ2v) is 11.7. The molecule has 202 valence electrons. The standard InChI is InChI=1S/C34H38N2O3/c1-4-23-30-21(9-6-14-35(30)5-2)18-27-29(24-13-12-20(3)17-26(24)34(37)38)28-19-22-10-7-15-36-16-8-11-25(31(22)36)33(28)39-32(23)27/h12-13,17-19,31H,4-11,14-16H2,1-3H3,(H,37,38). The van der Waals surface area contributed by atoms with Crippen molar-refractivity contribution >= 4 is 17.2 Å². The average molecular weight is 523 g/mol. The molecule has 2 aromatic rings. The number of piperidine rings is 2. The number of hydrogen-bond acceptors (Lipinski definition) is 4. The number of allylic oxidation sites excluding steroid dienone is 1. The van der Waals surface area contributed by atoms with E-state index in [-0.39, 0.29) is 0 Å². The lowest BCUT2D eigenvalue weighted by atomic mass is 9.74. The van der Waals surface area contributed by atoms with Crippen LogP contribution in [0.4, 0.5) is 5.69 Å². The van der Waals surface area contributed by atoms with Gasteiger partial charge in [0.2, 0.25) is 0 Å². The van der Waals surface area contributed by atoms with Crippen LogP contribution in [0.2, 0.25) is 0 Å². The predicted octanol–water partition coefficient (Wildman–Crippen LogP) is 6.67. The molecule has 0 amide bonds. The molecule has 1 atom stereocenters. The van der Waals surface area contributed by atoms with Crippen molar-refractivity contribution in [3.63, 3.8) is 0 Å². The van der Waals surface area contributed by atoms with Crippen LogP contribution < -0.4 is 9.64 Å². The van der Waals surface area contributed by atoms with E-state index in [2.05, 4.69) is 41.9 Å². The lowest BCUT2D eigenvalue weighted by Crippen LogP contribution is -2.47. The number of ether oxygens (including phenoxy) is 1. The highest BCUT2D eigenvalue weighted by Crippen LogP contribution is 2.53. The molecule has 5 heteroatoms. The minimum Gasteiger partial charge on any atom is -0.478 e. The predicted molar refractivity (Wildman–Crippen MR) is 156 cm³/mol. The number of aryl methyl sites for hydroxylation is 2. The fourth-order valence-electron chi connectivity index (χ4n) is 7.87. The van der Waals surface area contributed by atoms with Crippen LogP contribution in [-0.2, 0) is 12.8 Å². The summed E-state index contributed by atoms with van der Waals surface area (Å²) in [6.45, 7) is 10.8. The summed E-state index contributed by atoms with van der Waals surface area (Å²) in [6.07, 6.45) is 9.87. The molecule has 1 N–H and O–H groups in total. The summed E-state index contributed by atoms with van der Waals surface area (Å²) < 4.78 is 7.10. The molecule has 4 aliphatic heterocycles. The fourth-order valence-corrected chi connectivity index (χ4v) is 7.87. The number of nitrogens with zero attached hydrogens (tertiary/aromatic N) is 2. The molecular weight excluding hydrogens is 484 g/mol. The van der Waals surface area contributed by atoms with Crippen molar-refractivity contribution in [1.82, 2.24) is 4.90 Å². The van der Waals surface area contributed by atoms with Gasteiger partial charge in [-0.15, -0.1) is 0 Å². The monoisotopic (exact) mass is 522 g/mol. The van der Waals surface area contributed by atoms with Crippen LogP contribution in [0.1, 0.15) is 84.1 Å². The molecule has 2 aromatic carbocycles. The van der Waals surface area contributed by atoms with Gasteiger partial charge in [-0.1, -0.05) is 24.6 Å². The Morgan fingerprint density at radius 1 is 1.03 bits per heavy atom. The van der Waals surface area contributed by atoms with E-state index in [1.807, 2.05) is 19.1 Å². The molecule has 5 nitrogen and oxygen atoms in total. The molecule has 2 fully saturated rings. The number of carbonyl (C=O) groups is 1. The number of hydrogen-bond donors (Lipinski definition) is 1. The number of carboxylic acid groups (broad SMARTS) is 1. The van der Waals surface area contributed by atoms with E-state index in [0.717, 1.165) is 104 Å². The zero-order valence-electron chi connectivity index (χ0n) is 23.4. The summed E-state index contributed by atoms with van der Waals surface area (Å²) in [7, 11) is 0. The third-order valence-corrected chi connectivity index (χ3v) is 9.49. The molecule has 0 radical (unpaired) electrons. The van der Waals surface area contributed by atoms with Crippen LogP contribution in [0, 0.1) is 6.92 Å². The number of rotatable bonds is 4. The van der Waals surface area contributed by atoms with Crippen molar-refractivity contribution in [2.24, 2.45) is 0 Å². The molecule has 1 unspecified atom stereocenters. The van der Waals surface area contributed by atoms with Crippen LogP contribution in [-0.4, -0.2) is 48.2 Å². The molecule has 0 bridgehead atoms. The van der Waals surface area contributed by atoms with Gasteiger partial charge in [-0.25, -0.2) is 4.79 Å². The number of anilines is 1. The topological polar surface area (TPSA) is 53.0 Å². The van der Waals surface area contributed by atoms with Gasteiger partial charge in [-0.3, -0.25) is 4.90 Å². The summed E-state index contributed by atoms with van der Waals surface area (Å²) in [5, 5.41) is 10.4. The van der Waals surface area contributed by atoms with Crippen molar-refractivity contribution < 1.29 is 14.6 Å². The highest BCUT2D eigenvalue weighted by Gasteiger charge is 2.42. The molecular formula is C34H38N2O3. The number of benzene rings is 2. The zero-order chi connectivity index (χ0) is 26.8. The molecule has 1 aliphatic carbocycles. The van der Waals surface area contributed by atoms with Crippen molar-refractivity contribution in [1.29, 1.82) is 0 Å². The van der Waals surface area contributed by atoms with E-state index in [4.69, 9.17) is 4.74 Å². The van der Waals surface area contributed by atoms with Gasteiger partial charge in [0.15, 0.2) is 0 Å². The zero-order valence-corrected chi connectivity index (χ0v) is 23.4. The van der Waals surface area contributed by atoms with Crippen LogP contribution in [0.25, 0.3) is 5.57 Å². The molecule has 5 aliphatic rings. The minimum absolute atomic E-state index is 0.334. The molecule has 0 aromatic heterocycles. The SMILES string of the molecule is CCc1c2c(cc3c1N(CC)CCC3)C(c1ccc(C)cc1C(=O)O)=C1C=C3CCCN4CCCC(=C1O2)C34. The maximum atomic E-state index is 12.6. The lowest BCUT2D eigenvalue weighted by molar-refractivity contribution is 0.0696. The molecule has 39 heavy (non-hydrogen) atoms. The fraction of sp³-hybridized carbons (Fsp3) is 0.441. The Hall–Kier alpha value is -3.31. The number of aromatic carboxylic acids is 1. The lowest BCUT2D eigenvalue weighted by Gasteiger charge is -2.46. The van der Waals surface area contributed by atoms with E-state index in [0.29, 0.717) is 11.6 Å². The van der Waals surface area contributed by atoms with Crippen LogP contribution in [0.15, 0.2) is 52.8 Å². The molecule has 7 rings (SSSR count). The van der Waals surface area contributed by atoms with Gasteiger partial charge in [-0.2, -0.15) is 0 Å². The Kier molecular flexibility index (Phi) is 5.96. The third-order valence-electron chi connectivity index (χ3n) is 9.49.